The summed E-state index contributed by atoms with van der Waals surface area (Å²) in [5.41, 5.74) is 6.01. The van der Waals surface area contributed by atoms with Crippen molar-refractivity contribution in [2.45, 2.75) is 13.0 Å². The van der Waals surface area contributed by atoms with Gasteiger partial charge < -0.3 is 15.0 Å². The Hall–Kier alpha value is -3.36. The molecule has 0 bridgehead atoms. The number of hydrogen-bond donors (Lipinski definition) is 2. The van der Waals surface area contributed by atoms with E-state index in [0.717, 1.165) is 66.5 Å². The molecule has 1 fully saturated rings. The summed E-state index contributed by atoms with van der Waals surface area (Å²) in [4.78, 5) is 23.7. The Labute approximate surface area is 180 Å². The maximum Gasteiger partial charge on any atom is 0.316 e. The van der Waals surface area contributed by atoms with E-state index < -0.39 is 0 Å². The molecule has 5 rings (SSSR count). The molecule has 0 atom stereocenters. The minimum Gasteiger partial charge on any atom is -0.467 e. The van der Waals surface area contributed by atoms with Gasteiger partial charge in [0, 0.05) is 62.8 Å². The highest BCUT2D eigenvalue weighted by Crippen LogP contribution is 2.23. The highest BCUT2D eigenvalue weighted by molar-refractivity contribution is 5.81. The van der Waals surface area contributed by atoms with E-state index in [1.807, 2.05) is 24.4 Å². The van der Waals surface area contributed by atoms with Gasteiger partial charge in [0.1, 0.15) is 5.82 Å². The molecule has 1 aliphatic heterocycles. The summed E-state index contributed by atoms with van der Waals surface area (Å²) in [5, 5.41) is 3.40. The lowest BCUT2D eigenvalue weighted by molar-refractivity contribution is 0.233. The number of piperazine rings is 1. The third-order valence-electron chi connectivity index (χ3n) is 5.49. The number of aromatic amines is 1. The van der Waals surface area contributed by atoms with E-state index in [4.69, 9.17) is 9.72 Å². The van der Waals surface area contributed by atoms with Gasteiger partial charge in [-0.2, -0.15) is 4.98 Å². The van der Waals surface area contributed by atoms with Crippen molar-refractivity contribution in [1.29, 1.82) is 0 Å². The lowest BCUT2D eigenvalue weighted by atomic mass is 10.1. The van der Waals surface area contributed by atoms with Crippen LogP contribution in [0.2, 0.25) is 0 Å². The van der Waals surface area contributed by atoms with Gasteiger partial charge in [0.15, 0.2) is 0 Å². The van der Waals surface area contributed by atoms with Crippen LogP contribution in [0, 0.1) is 0 Å². The zero-order valence-electron chi connectivity index (χ0n) is 17.5. The number of benzene rings is 1. The molecule has 158 valence electrons. The van der Waals surface area contributed by atoms with E-state index in [-0.39, 0.29) is 0 Å². The second kappa shape index (κ2) is 8.79. The van der Waals surface area contributed by atoms with Crippen molar-refractivity contribution >= 4 is 11.0 Å². The molecule has 1 aliphatic rings. The Morgan fingerprint density at radius 2 is 1.87 bits per heavy atom. The van der Waals surface area contributed by atoms with E-state index in [9.17, 15) is 0 Å². The highest BCUT2D eigenvalue weighted by Gasteiger charge is 2.12. The highest BCUT2D eigenvalue weighted by atomic mass is 16.5. The SMILES string of the molecule is COc1nccc(-c2ccc3nc(Cc4cc(CN5CCNCC5)ccn4)[nH]c3c2)n1. The monoisotopic (exact) mass is 415 g/mol. The Bertz CT molecular complexity index is 1180. The molecule has 0 spiro atoms. The number of methoxy groups -OCH3 is 1. The minimum absolute atomic E-state index is 0.356. The smallest absolute Gasteiger partial charge is 0.316 e. The summed E-state index contributed by atoms with van der Waals surface area (Å²) in [6.07, 6.45) is 4.26. The molecule has 2 N–H and O–H groups in total. The van der Waals surface area contributed by atoms with Crippen LogP contribution in [0.5, 0.6) is 6.01 Å². The zero-order chi connectivity index (χ0) is 21.0. The van der Waals surface area contributed by atoms with Crippen LogP contribution < -0.4 is 10.1 Å². The minimum atomic E-state index is 0.356. The molecule has 0 radical (unpaired) electrons. The molecule has 4 aromatic rings. The van der Waals surface area contributed by atoms with Gasteiger partial charge in [-0.05, 0) is 35.9 Å². The topological polar surface area (TPSA) is 91.9 Å². The van der Waals surface area contributed by atoms with Crippen LogP contribution in [0.15, 0.2) is 48.8 Å². The fourth-order valence-electron chi connectivity index (χ4n) is 3.93. The van der Waals surface area contributed by atoms with Crippen LogP contribution >= 0.6 is 0 Å². The average molecular weight is 416 g/mol. The first-order valence-corrected chi connectivity index (χ1v) is 10.5. The van der Waals surface area contributed by atoms with Crippen molar-refractivity contribution < 1.29 is 4.74 Å². The van der Waals surface area contributed by atoms with Gasteiger partial charge in [-0.3, -0.25) is 9.88 Å². The molecular formula is C23H25N7O. The van der Waals surface area contributed by atoms with E-state index in [1.165, 1.54) is 5.56 Å². The van der Waals surface area contributed by atoms with Crippen molar-refractivity contribution in [3.63, 3.8) is 0 Å². The molecule has 0 aliphatic carbocycles. The molecule has 0 amide bonds. The van der Waals surface area contributed by atoms with Gasteiger partial charge in [-0.1, -0.05) is 6.07 Å². The number of H-pyrrole nitrogens is 1. The van der Waals surface area contributed by atoms with E-state index in [2.05, 4.69) is 48.4 Å². The lowest BCUT2D eigenvalue weighted by Crippen LogP contribution is -2.42. The summed E-state index contributed by atoms with van der Waals surface area (Å²) in [5.74, 6) is 0.902. The van der Waals surface area contributed by atoms with Gasteiger partial charge in [0.25, 0.3) is 0 Å². The van der Waals surface area contributed by atoms with Gasteiger partial charge in [-0.25, -0.2) is 9.97 Å². The predicted octanol–water partition coefficient (Wildman–Crippen LogP) is 2.42. The molecule has 4 heterocycles. The second-order valence-electron chi connectivity index (χ2n) is 7.70. The number of rotatable bonds is 6. The van der Waals surface area contributed by atoms with Crippen molar-refractivity contribution in [3.8, 4) is 17.3 Å². The first-order valence-electron chi connectivity index (χ1n) is 10.5. The van der Waals surface area contributed by atoms with Crippen molar-refractivity contribution in [1.82, 2.24) is 35.1 Å². The van der Waals surface area contributed by atoms with Crippen LogP contribution in [0.4, 0.5) is 0 Å². The van der Waals surface area contributed by atoms with Crippen molar-refractivity contribution in [2.75, 3.05) is 33.3 Å². The lowest BCUT2D eigenvalue weighted by Gasteiger charge is -2.27. The number of hydrogen-bond acceptors (Lipinski definition) is 7. The molecule has 0 saturated carbocycles. The number of imidazole rings is 1. The number of nitrogens with one attached hydrogen (secondary N) is 2. The van der Waals surface area contributed by atoms with Crippen LogP contribution in [-0.4, -0.2) is 63.1 Å². The summed E-state index contributed by atoms with van der Waals surface area (Å²) in [7, 11) is 1.57. The molecule has 3 aromatic heterocycles. The normalized spacial score (nSPS) is 14.7. The quantitative estimate of drug-likeness (QED) is 0.500. The van der Waals surface area contributed by atoms with Crippen LogP contribution in [0.3, 0.4) is 0 Å². The molecule has 1 aromatic carbocycles. The van der Waals surface area contributed by atoms with E-state index in [0.29, 0.717) is 12.4 Å². The molecule has 0 unspecified atom stereocenters. The first-order chi connectivity index (χ1) is 15.3. The maximum atomic E-state index is 5.14. The predicted molar refractivity (Wildman–Crippen MR) is 119 cm³/mol. The zero-order valence-corrected chi connectivity index (χ0v) is 17.5. The Morgan fingerprint density at radius 3 is 2.74 bits per heavy atom. The summed E-state index contributed by atoms with van der Waals surface area (Å²) >= 11 is 0. The molecular weight excluding hydrogens is 390 g/mol. The number of nitrogens with zero attached hydrogens (tertiary/aromatic N) is 5. The van der Waals surface area contributed by atoms with Gasteiger partial charge in [0.05, 0.1) is 23.8 Å². The molecule has 31 heavy (non-hydrogen) atoms. The van der Waals surface area contributed by atoms with Crippen molar-refractivity contribution in [2.24, 2.45) is 0 Å². The maximum absolute atomic E-state index is 5.14. The van der Waals surface area contributed by atoms with Crippen LogP contribution in [0.25, 0.3) is 22.3 Å². The Kier molecular flexibility index (Phi) is 5.56. The largest absolute Gasteiger partial charge is 0.467 e. The Morgan fingerprint density at radius 1 is 1.00 bits per heavy atom. The average Bonchev–Trinajstić information content (AvgIpc) is 3.21. The number of fused-ring (bicyclic) bond motifs is 1. The van der Waals surface area contributed by atoms with Crippen molar-refractivity contribution in [3.05, 3.63) is 65.9 Å². The first kappa shape index (κ1) is 19.6. The molecule has 8 heteroatoms. The van der Waals surface area contributed by atoms with Crippen LogP contribution in [-0.2, 0) is 13.0 Å². The molecule has 8 nitrogen and oxygen atoms in total. The van der Waals surface area contributed by atoms with Crippen LogP contribution in [0.1, 0.15) is 17.1 Å². The van der Waals surface area contributed by atoms with E-state index in [1.54, 1.807) is 13.3 Å². The summed E-state index contributed by atoms with van der Waals surface area (Å²) < 4.78 is 5.14. The third kappa shape index (κ3) is 4.55. The van der Waals surface area contributed by atoms with Gasteiger partial charge in [-0.15, -0.1) is 0 Å². The van der Waals surface area contributed by atoms with Gasteiger partial charge in [0.2, 0.25) is 0 Å². The molecule has 1 saturated heterocycles. The number of pyridine rings is 1. The summed E-state index contributed by atoms with van der Waals surface area (Å²) in [6, 6.07) is 12.6. The summed E-state index contributed by atoms with van der Waals surface area (Å²) in [6.45, 7) is 5.24. The fourth-order valence-corrected chi connectivity index (χ4v) is 3.93. The standard InChI is InChI=1S/C23H25N7O/c1-31-23-26-7-5-19(29-23)17-2-3-20-21(13-17)28-22(27-20)14-18-12-16(4-6-25-18)15-30-10-8-24-9-11-30/h2-7,12-13,24H,8-11,14-15H2,1H3,(H,27,28). The second-order valence-corrected chi connectivity index (χ2v) is 7.70. The number of ether oxygens (including phenoxy) is 1. The fraction of sp³-hybridized carbons (Fsp3) is 0.304. The number of aromatic nitrogens is 5. The third-order valence-corrected chi connectivity index (χ3v) is 5.49. The Balaban J connectivity index is 1.34. The van der Waals surface area contributed by atoms with E-state index >= 15 is 0 Å². The van der Waals surface area contributed by atoms with Gasteiger partial charge >= 0.3 is 6.01 Å².